The summed E-state index contributed by atoms with van der Waals surface area (Å²) in [7, 11) is 9.89. The Morgan fingerprint density at radius 3 is 1.12 bits per heavy atom. The van der Waals surface area contributed by atoms with Gasteiger partial charge in [-0.1, -0.05) is 24.1 Å². The van der Waals surface area contributed by atoms with Crippen molar-refractivity contribution in [2.75, 3.05) is 0 Å². The van der Waals surface area contributed by atoms with Crippen molar-refractivity contribution in [1.82, 2.24) is 0 Å². The standard InChI is InChI=1S/C10H15.C3H6.2ClH.Ta/c1-6-7(2)9(4)10(5)8(6)3;1-3-2;;;/h1-5H3;3H,1H2,2H3;2*1H;/q;;;;+2/p-2. The van der Waals surface area contributed by atoms with Crippen LogP contribution in [0.1, 0.15) is 41.5 Å². The van der Waals surface area contributed by atoms with Crippen molar-refractivity contribution in [3.63, 3.8) is 0 Å². The Balaban J connectivity index is 0. The van der Waals surface area contributed by atoms with Crippen LogP contribution in [0.3, 0.4) is 0 Å². The van der Waals surface area contributed by atoms with Crippen LogP contribution in [0.5, 0.6) is 0 Å². The second-order valence-electron chi connectivity index (χ2n) is 3.60. The van der Waals surface area contributed by atoms with E-state index in [2.05, 4.69) is 41.2 Å². The van der Waals surface area contributed by atoms with E-state index >= 15 is 0 Å². The Hall–Kier alpha value is 0.540. The average Bonchev–Trinajstić information content (AvgIpc) is 2.39. The van der Waals surface area contributed by atoms with E-state index in [-0.39, 0.29) is 0 Å². The maximum absolute atomic E-state index is 4.94. The first kappa shape index (κ1) is 18.9. The molecule has 0 aromatic carbocycles. The first-order chi connectivity index (χ1) is 7.38. The number of allylic oxidation sites excluding steroid dienone is 5. The molecule has 16 heavy (non-hydrogen) atoms. The maximum atomic E-state index is 4.94. The van der Waals surface area contributed by atoms with Crippen molar-refractivity contribution < 1.29 is 17.6 Å². The van der Waals surface area contributed by atoms with Gasteiger partial charge in [0.25, 0.3) is 0 Å². The molecule has 0 bridgehead atoms. The van der Waals surface area contributed by atoms with Crippen molar-refractivity contribution in [3.8, 4) is 0 Å². The van der Waals surface area contributed by atoms with Crippen LogP contribution < -0.4 is 0 Å². The van der Waals surface area contributed by atoms with Crippen molar-refractivity contribution >= 4 is 18.4 Å². The van der Waals surface area contributed by atoms with Crippen molar-refractivity contribution in [2.24, 2.45) is 0 Å². The molecule has 1 rings (SSSR count). The van der Waals surface area contributed by atoms with E-state index in [1.54, 1.807) is 6.08 Å². The fraction of sp³-hybridized carbons (Fsp3) is 0.462. The molecule has 1 aliphatic carbocycles. The number of hydrogen-bond donors (Lipinski definition) is 0. The normalized spacial score (nSPS) is 15.0. The molecule has 0 heterocycles. The predicted molar refractivity (Wildman–Crippen MR) is 73.2 cm³/mol. The van der Waals surface area contributed by atoms with E-state index in [0.29, 0.717) is 0 Å². The van der Waals surface area contributed by atoms with E-state index in [9.17, 15) is 0 Å². The van der Waals surface area contributed by atoms with Gasteiger partial charge >= 0.3 is 36.0 Å². The summed E-state index contributed by atoms with van der Waals surface area (Å²) < 4.78 is 0. The van der Waals surface area contributed by atoms with Gasteiger partial charge in [0.1, 0.15) is 0 Å². The van der Waals surface area contributed by atoms with Crippen molar-refractivity contribution in [2.45, 2.75) is 41.5 Å². The van der Waals surface area contributed by atoms with Gasteiger partial charge in [0.2, 0.25) is 0 Å². The van der Waals surface area contributed by atoms with E-state index in [4.69, 9.17) is 18.4 Å². The van der Waals surface area contributed by atoms with Crippen LogP contribution in [0, 0.1) is 5.92 Å². The molecule has 0 nitrogen and oxygen atoms in total. The van der Waals surface area contributed by atoms with Gasteiger partial charge in [0.15, 0.2) is 0 Å². The Labute approximate surface area is 118 Å². The Morgan fingerprint density at radius 1 is 0.875 bits per heavy atom. The minimum absolute atomic E-state index is 0.889. The summed E-state index contributed by atoms with van der Waals surface area (Å²) in [5, 5.41) is 0. The minimum atomic E-state index is -0.889. The Morgan fingerprint density at radius 2 is 1.06 bits per heavy atom. The topological polar surface area (TPSA) is 0 Å². The predicted octanol–water partition coefficient (Wildman–Crippen LogP) is 5.84. The molecule has 0 fully saturated rings. The van der Waals surface area contributed by atoms with Gasteiger partial charge < -0.3 is 0 Å². The zero-order chi connectivity index (χ0) is 13.3. The molecule has 0 N–H and O–H groups in total. The molecule has 0 saturated heterocycles. The molecular weight excluding hydrogens is 408 g/mol. The second-order valence-corrected chi connectivity index (χ2v) is 8.24. The third kappa shape index (κ3) is 6.32. The molecule has 0 amide bonds. The summed E-state index contributed by atoms with van der Waals surface area (Å²) in [5.41, 5.74) is 5.87. The molecule has 0 aromatic rings. The van der Waals surface area contributed by atoms with Crippen LogP contribution in [0.4, 0.5) is 0 Å². The second kappa shape index (κ2) is 10.7. The first-order valence-electron chi connectivity index (χ1n) is 5.07. The Bertz CT molecular complexity index is 254. The van der Waals surface area contributed by atoms with Gasteiger partial charge in [-0.15, -0.1) is 6.58 Å². The third-order valence-corrected chi connectivity index (χ3v) is 2.81. The van der Waals surface area contributed by atoms with Gasteiger partial charge in [-0.3, -0.25) is 0 Å². The monoisotopic (exact) mass is 428 g/mol. The summed E-state index contributed by atoms with van der Waals surface area (Å²) in [6.07, 6.45) is 1.75. The molecule has 0 aliphatic heterocycles. The molecule has 92 valence electrons. The molecule has 0 spiro atoms. The van der Waals surface area contributed by atoms with Gasteiger partial charge in [0.05, 0.1) is 0 Å². The summed E-state index contributed by atoms with van der Waals surface area (Å²) in [6.45, 7) is 16.2. The molecular formula is C13H21Cl2Ta. The van der Waals surface area contributed by atoms with Crippen molar-refractivity contribution in [3.05, 3.63) is 40.9 Å². The van der Waals surface area contributed by atoms with Crippen LogP contribution in [-0.4, -0.2) is 0 Å². The average molecular weight is 429 g/mol. The molecule has 3 heteroatoms. The fourth-order valence-electron chi connectivity index (χ4n) is 1.41. The molecule has 1 aliphatic rings. The van der Waals surface area contributed by atoms with E-state index in [1.165, 1.54) is 28.2 Å². The summed E-state index contributed by atoms with van der Waals surface area (Å²) in [5.74, 6) is 1.47. The fourth-order valence-corrected chi connectivity index (χ4v) is 1.41. The number of halogens is 2. The third-order valence-electron chi connectivity index (χ3n) is 2.81. The van der Waals surface area contributed by atoms with Crippen LogP contribution in [0.2, 0.25) is 0 Å². The van der Waals surface area contributed by atoms with Crippen LogP contribution in [0.15, 0.2) is 34.9 Å². The summed E-state index contributed by atoms with van der Waals surface area (Å²) in [6, 6.07) is 0. The van der Waals surface area contributed by atoms with E-state index < -0.39 is 17.6 Å². The van der Waals surface area contributed by atoms with Crippen LogP contribution >= 0.6 is 18.4 Å². The van der Waals surface area contributed by atoms with E-state index in [1.807, 2.05) is 6.92 Å². The van der Waals surface area contributed by atoms with Crippen molar-refractivity contribution in [1.29, 1.82) is 0 Å². The first-order valence-corrected chi connectivity index (χ1v) is 13.0. The van der Waals surface area contributed by atoms with Crippen LogP contribution in [-0.2, 0) is 17.6 Å². The summed E-state index contributed by atoms with van der Waals surface area (Å²) >= 11 is -0.889. The molecule has 0 unspecified atom stereocenters. The van der Waals surface area contributed by atoms with Crippen LogP contribution in [0.25, 0.3) is 0 Å². The van der Waals surface area contributed by atoms with Gasteiger partial charge in [-0.05, 0) is 45.8 Å². The van der Waals surface area contributed by atoms with Gasteiger partial charge in [-0.25, -0.2) is 0 Å². The van der Waals surface area contributed by atoms with Gasteiger partial charge in [-0.2, -0.15) is 0 Å². The Kier molecular flexibility index (Phi) is 12.6. The zero-order valence-corrected chi connectivity index (χ0v) is 15.7. The van der Waals surface area contributed by atoms with E-state index in [0.717, 1.165) is 0 Å². The number of hydrogen-bond acceptors (Lipinski definition) is 0. The quantitative estimate of drug-likeness (QED) is 0.425. The molecule has 1 radical (unpaired) electrons. The SMILES string of the molecule is C=CC.C[C]1C(C)=C(C)C(C)=C1C.[Cl][Ta][Cl]. The zero-order valence-electron chi connectivity index (χ0n) is 11.0. The number of rotatable bonds is 0. The molecule has 0 aromatic heterocycles. The molecule has 0 saturated carbocycles. The van der Waals surface area contributed by atoms with Gasteiger partial charge in [0, 0.05) is 5.92 Å². The molecule has 0 atom stereocenters. The summed E-state index contributed by atoms with van der Waals surface area (Å²) in [4.78, 5) is 0.